The van der Waals surface area contributed by atoms with Crippen LogP contribution in [0.2, 0.25) is 5.02 Å². The van der Waals surface area contributed by atoms with Gasteiger partial charge in [-0.3, -0.25) is 4.90 Å². The zero-order valence-corrected chi connectivity index (χ0v) is 14.9. The van der Waals surface area contributed by atoms with Crippen LogP contribution >= 0.6 is 11.6 Å². The first kappa shape index (κ1) is 16.6. The molecule has 2 aliphatic rings. The van der Waals surface area contributed by atoms with Crippen molar-refractivity contribution in [3.63, 3.8) is 0 Å². The number of rotatable bonds is 1. The molecule has 1 aromatic carbocycles. The van der Waals surface area contributed by atoms with Crippen molar-refractivity contribution in [1.29, 1.82) is 0 Å². The van der Waals surface area contributed by atoms with E-state index >= 15 is 0 Å². The highest BCUT2D eigenvalue weighted by atomic mass is 35.5. The van der Waals surface area contributed by atoms with Crippen molar-refractivity contribution in [3.05, 3.63) is 34.3 Å². The van der Waals surface area contributed by atoms with Crippen LogP contribution in [0.1, 0.15) is 44.4 Å². The summed E-state index contributed by atoms with van der Waals surface area (Å²) in [5.41, 5.74) is 2.34. The molecular formula is C18H25ClN2O2. The molecule has 23 heavy (non-hydrogen) atoms. The molecule has 1 aliphatic carbocycles. The number of carbonyl (C=O) groups excluding carboxylic acids is 1. The highest BCUT2D eigenvalue weighted by Gasteiger charge is 2.32. The molecule has 1 amide bonds. The number of benzene rings is 1. The number of hydrogen-bond acceptors (Lipinski definition) is 3. The van der Waals surface area contributed by atoms with Crippen LogP contribution in [0.25, 0.3) is 0 Å². The first-order valence-corrected chi connectivity index (χ1v) is 8.71. The van der Waals surface area contributed by atoms with E-state index in [-0.39, 0.29) is 6.09 Å². The largest absolute Gasteiger partial charge is 0.444 e. The van der Waals surface area contributed by atoms with Crippen molar-refractivity contribution in [1.82, 2.24) is 9.80 Å². The van der Waals surface area contributed by atoms with Crippen LogP contribution in [-0.2, 0) is 11.2 Å². The molecule has 1 aliphatic heterocycles. The van der Waals surface area contributed by atoms with E-state index in [9.17, 15) is 4.79 Å². The van der Waals surface area contributed by atoms with Crippen LogP contribution in [0.5, 0.6) is 0 Å². The number of amides is 1. The maximum atomic E-state index is 12.1. The minimum Gasteiger partial charge on any atom is -0.444 e. The first-order valence-electron chi connectivity index (χ1n) is 8.34. The fourth-order valence-electron chi connectivity index (χ4n) is 3.49. The molecule has 0 bridgehead atoms. The average Bonchev–Trinajstić information content (AvgIpc) is 2.88. The van der Waals surface area contributed by atoms with Gasteiger partial charge in [0.05, 0.1) is 0 Å². The molecule has 0 spiro atoms. The summed E-state index contributed by atoms with van der Waals surface area (Å²) in [7, 11) is 0. The summed E-state index contributed by atoms with van der Waals surface area (Å²) in [6, 6.07) is 6.70. The van der Waals surface area contributed by atoms with Gasteiger partial charge in [0.25, 0.3) is 0 Å². The van der Waals surface area contributed by atoms with E-state index in [1.807, 2.05) is 31.7 Å². The second kappa shape index (κ2) is 6.33. The van der Waals surface area contributed by atoms with Crippen molar-refractivity contribution < 1.29 is 9.53 Å². The quantitative estimate of drug-likeness (QED) is 0.780. The Kier molecular flexibility index (Phi) is 4.56. The van der Waals surface area contributed by atoms with E-state index in [4.69, 9.17) is 16.3 Å². The number of ether oxygens (including phenoxy) is 1. The van der Waals surface area contributed by atoms with E-state index in [0.717, 1.165) is 44.0 Å². The van der Waals surface area contributed by atoms with E-state index in [2.05, 4.69) is 17.0 Å². The molecule has 1 heterocycles. The van der Waals surface area contributed by atoms with Crippen LogP contribution in [0.4, 0.5) is 4.79 Å². The molecule has 0 aromatic heterocycles. The van der Waals surface area contributed by atoms with Crippen LogP contribution < -0.4 is 0 Å². The van der Waals surface area contributed by atoms with Crippen molar-refractivity contribution >= 4 is 17.7 Å². The van der Waals surface area contributed by atoms with Crippen LogP contribution in [-0.4, -0.2) is 47.7 Å². The third kappa shape index (κ3) is 3.81. The topological polar surface area (TPSA) is 32.8 Å². The predicted molar refractivity (Wildman–Crippen MR) is 91.9 cm³/mol. The smallest absolute Gasteiger partial charge is 0.410 e. The third-order valence-electron chi connectivity index (χ3n) is 4.56. The zero-order chi connectivity index (χ0) is 16.6. The molecule has 4 nitrogen and oxygen atoms in total. The molecule has 1 aromatic rings. The molecule has 1 unspecified atom stereocenters. The van der Waals surface area contributed by atoms with Gasteiger partial charge < -0.3 is 9.64 Å². The minimum atomic E-state index is -0.433. The van der Waals surface area contributed by atoms with E-state index in [0.29, 0.717) is 6.04 Å². The van der Waals surface area contributed by atoms with Crippen molar-refractivity contribution in [2.75, 3.05) is 26.2 Å². The van der Waals surface area contributed by atoms with Crippen LogP contribution in [0, 0.1) is 0 Å². The Hall–Kier alpha value is -1.26. The molecule has 1 atom stereocenters. The molecule has 0 radical (unpaired) electrons. The Balaban J connectivity index is 1.59. The van der Waals surface area contributed by atoms with Gasteiger partial charge in [0.15, 0.2) is 0 Å². The Morgan fingerprint density at radius 1 is 1.22 bits per heavy atom. The summed E-state index contributed by atoms with van der Waals surface area (Å²) in [6.45, 7) is 8.96. The normalized spacial score (nSPS) is 22.1. The maximum absolute atomic E-state index is 12.1. The van der Waals surface area contributed by atoms with E-state index < -0.39 is 5.60 Å². The maximum Gasteiger partial charge on any atom is 0.410 e. The van der Waals surface area contributed by atoms with Gasteiger partial charge in [-0.1, -0.05) is 17.7 Å². The summed E-state index contributed by atoms with van der Waals surface area (Å²) in [5.74, 6) is 0. The van der Waals surface area contributed by atoms with Gasteiger partial charge in [-0.25, -0.2) is 4.79 Å². The van der Waals surface area contributed by atoms with Crippen molar-refractivity contribution in [2.45, 2.75) is 45.3 Å². The van der Waals surface area contributed by atoms with Gasteiger partial charge in [0.2, 0.25) is 0 Å². The Labute approximate surface area is 143 Å². The second-order valence-electron chi connectivity index (χ2n) is 7.40. The first-order chi connectivity index (χ1) is 10.8. The minimum absolute atomic E-state index is 0.198. The SMILES string of the molecule is CC(C)(C)OC(=O)N1CCN(C2CCc3cc(Cl)ccc32)CC1. The Morgan fingerprint density at radius 2 is 1.91 bits per heavy atom. The Morgan fingerprint density at radius 3 is 2.57 bits per heavy atom. The Bertz CT molecular complexity index is 589. The highest BCUT2D eigenvalue weighted by Crippen LogP contribution is 2.37. The number of hydrogen-bond donors (Lipinski definition) is 0. The van der Waals surface area contributed by atoms with Crippen LogP contribution in [0.3, 0.4) is 0 Å². The van der Waals surface area contributed by atoms with E-state index in [1.54, 1.807) is 0 Å². The lowest BCUT2D eigenvalue weighted by Crippen LogP contribution is -2.50. The lowest BCUT2D eigenvalue weighted by Gasteiger charge is -2.38. The summed E-state index contributed by atoms with van der Waals surface area (Å²) in [6.07, 6.45) is 2.03. The number of nitrogens with zero attached hydrogens (tertiary/aromatic N) is 2. The van der Waals surface area contributed by atoms with Gasteiger partial charge >= 0.3 is 6.09 Å². The lowest BCUT2D eigenvalue weighted by molar-refractivity contribution is 0.0103. The standard InChI is InChI=1S/C18H25ClN2O2/c1-18(2,3)23-17(22)21-10-8-20(9-11-21)16-7-4-13-12-14(19)5-6-15(13)16/h5-6,12,16H,4,7-11H2,1-3H3. The second-order valence-corrected chi connectivity index (χ2v) is 7.84. The summed E-state index contributed by atoms with van der Waals surface area (Å²) >= 11 is 6.09. The van der Waals surface area contributed by atoms with Gasteiger partial charge in [-0.05, 0) is 56.9 Å². The number of piperazine rings is 1. The number of carbonyl (C=O) groups is 1. The summed E-state index contributed by atoms with van der Waals surface area (Å²) in [4.78, 5) is 16.5. The van der Waals surface area contributed by atoms with Gasteiger partial charge in [-0.2, -0.15) is 0 Å². The highest BCUT2D eigenvalue weighted by molar-refractivity contribution is 6.30. The summed E-state index contributed by atoms with van der Waals surface area (Å²) < 4.78 is 5.46. The van der Waals surface area contributed by atoms with E-state index in [1.165, 1.54) is 11.1 Å². The predicted octanol–water partition coefficient (Wildman–Crippen LogP) is 3.88. The molecule has 126 valence electrons. The third-order valence-corrected chi connectivity index (χ3v) is 4.79. The molecule has 1 saturated heterocycles. The molecular weight excluding hydrogens is 312 g/mol. The van der Waals surface area contributed by atoms with Crippen molar-refractivity contribution in [3.8, 4) is 0 Å². The zero-order valence-electron chi connectivity index (χ0n) is 14.1. The fraction of sp³-hybridized carbons (Fsp3) is 0.611. The summed E-state index contributed by atoms with van der Waals surface area (Å²) in [5, 5.41) is 0.819. The number of halogens is 1. The van der Waals surface area contributed by atoms with Gasteiger partial charge in [0, 0.05) is 37.2 Å². The molecule has 0 N–H and O–H groups in total. The monoisotopic (exact) mass is 336 g/mol. The molecule has 3 rings (SSSR count). The fourth-order valence-corrected chi connectivity index (χ4v) is 3.68. The average molecular weight is 337 g/mol. The molecule has 1 fully saturated rings. The van der Waals surface area contributed by atoms with Gasteiger partial charge in [-0.15, -0.1) is 0 Å². The molecule has 0 saturated carbocycles. The number of fused-ring (bicyclic) bond motifs is 1. The van der Waals surface area contributed by atoms with Crippen molar-refractivity contribution in [2.24, 2.45) is 0 Å². The molecule has 5 heteroatoms. The van der Waals surface area contributed by atoms with Gasteiger partial charge in [0.1, 0.15) is 5.60 Å². The van der Waals surface area contributed by atoms with Crippen LogP contribution in [0.15, 0.2) is 18.2 Å². The number of aryl methyl sites for hydroxylation is 1. The lowest BCUT2D eigenvalue weighted by atomic mass is 10.1.